The van der Waals surface area contributed by atoms with Crippen molar-refractivity contribution in [3.05, 3.63) is 30.3 Å². The van der Waals surface area contributed by atoms with Crippen LogP contribution in [0.5, 0.6) is 0 Å². The van der Waals surface area contributed by atoms with Crippen LogP contribution in [0.2, 0.25) is 0 Å². The van der Waals surface area contributed by atoms with E-state index in [2.05, 4.69) is 20.9 Å². The number of aliphatic imine (C=N–C) groups is 1. The zero-order valence-corrected chi connectivity index (χ0v) is 18.1. The van der Waals surface area contributed by atoms with E-state index in [0.717, 1.165) is 18.5 Å². The first-order valence-corrected chi connectivity index (χ1v) is 8.86. The number of amides is 2. The van der Waals surface area contributed by atoms with Crippen molar-refractivity contribution >= 4 is 47.6 Å². The van der Waals surface area contributed by atoms with Gasteiger partial charge in [0.15, 0.2) is 5.96 Å². The van der Waals surface area contributed by atoms with Crippen molar-refractivity contribution in [2.45, 2.75) is 25.8 Å². The Labute approximate surface area is 177 Å². The number of rotatable bonds is 5. The molecule has 9 heteroatoms. The van der Waals surface area contributed by atoms with Crippen LogP contribution in [0.3, 0.4) is 0 Å². The number of nitrogens with one attached hydrogen (secondary N) is 3. The Kier molecular flexibility index (Phi) is 10.5. The van der Waals surface area contributed by atoms with Crippen LogP contribution in [0, 0.1) is 0 Å². The van der Waals surface area contributed by atoms with E-state index in [-0.39, 0.29) is 48.6 Å². The number of guanidine groups is 1. The highest BCUT2D eigenvalue weighted by molar-refractivity contribution is 14.0. The molecule has 0 radical (unpaired) electrons. The summed E-state index contributed by atoms with van der Waals surface area (Å²) in [5.41, 5.74) is 0.758. The second kappa shape index (κ2) is 12.4. The highest BCUT2D eigenvalue weighted by Crippen LogP contribution is 2.11. The van der Waals surface area contributed by atoms with Gasteiger partial charge in [-0.1, -0.05) is 18.2 Å². The molecule has 150 valence electrons. The molecule has 1 saturated heterocycles. The molecule has 27 heavy (non-hydrogen) atoms. The van der Waals surface area contributed by atoms with E-state index in [0.29, 0.717) is 25.7 Å². The van der Waals surface area contributed by atoms with Gasteiger partial charge in [0.2, 0.25) is 5.91 Å². The lowest BCUT2D eigenvalue weighted by Crippen LogP contribution is -2.50. The third-order valence-electron chi connectivity index (χ3n) is 4.06. The molecule has 1 fully saturated rings. The number of anilines is 1. The van der Waals surface area contributed by atoms with Gasteiger partial charge in [0.1, 0.15) is 0 Å². The van der Waals surface area contributed by atoms with Gasteiger partial charge >= 0.3 is 6.09 Å². The first-order valence-electron chi connectivity index (χ1n) is 8.86. The molecule has 3 N–H and O–H groups in total. The van der Waals surface area contributed by atoms with Crippen LogP contribution in [-0.4, -0.2) is 62.2 Å². The topological polar surface area (TPSA) is 95.1 Å². The Morgan fingerprint density at radius 3 is 2.48 bits per heavy atom. The van der Waals surface area contributed by atoms with Crippen LogP contribution in [0.25, 0.3) is 0 Å². The van der Waals surface area contributed by atoms with Crippen molar-refractivity contribution in [3.63, 3.8) is 0 Å². The Bertz CT molecular complexity index is 619. The minimum atomic E-state index is -0.258. The van der Waals surface area contributed by atoms with Crippen LogP contribution in [0.1, 0.15) is 19.8 Å². The molecule has 8 nitrogen and oxygen atoms in total. The van der Waals surface area contributed by atoms with Crippen molar-refractivity contribution in [2.75, 3.05) is 38.6 Å². The smallest absolute Gasteiger partial charge is 0.409 e. The fourth-order valence-electron chi connectivity index (χ4n) is 2.70. The molecule has 0 spiro atoms. The molecular weight excluding hydrogens is 461 g/mol. The number of carbonyl (C=O) groups is 2. The number of piperidine rings is 1. The third kappa shape index (κ3) is 8.02. The Morgan fingerprint density at radius 1 is 1.22 bits per heavy atom. The summed E-state index contributed by atoms with van der Waals surface area (Å²) in [6.07, 6.45) is 1.34. The molecule has 1 aromatic carbocycles. The largest absolute Gasteiger partial charge is 0.450 e. The van der Waals surface area contributed by atoms with Crippen molar-refractivity contribution < 1.29 is 14.3 Å². The molecule has 0 atom stereocenters. The number of carbonyl (C=O) groups excluding carboxylic acids is 2. The molecule has 2 rings (SSSR count). The molecule has 0 bridgehead atoms. The van der Waals surface area contributed by atoms with Gasteiger partial charge in [0.25, 0.3) is 0 Å². The number of ether oxygens (including phenoxy) is 1. The van der Waals surface area contributed by atoms with E-state index < -0.39 is 0 Å². The average Bonchev–Trinajstić information content (AvgIpc) is 2.66. The first-order chi connectivity index (χ1) is 12.6. The summed E-state index contributed by atoms with van der Waals surface area (Å²) in [6.45, 7) is 3.59. The van der Waals surface area contributed by atoms with Crippen LogP contribution >= 0.6 is 24.0 Å². The summed E-state index contributed by atoms with van der Waals surface area (Å²) in [5.74, 6) is 0.430. The molecule has 1 aliphatic rings. The minimum absolute atomic E-state index is 0. The predicted octanol–water partition coefficient (Wildman–Crippen LogP) is 2.03. The summed E-state index contributed by atoms with van der Waals surface area (Å²) in [4.78, 5) is 29.6. The predicted molar refractivity (Wildman–Crippen MR) is 117 cm³/mol. The van der Waals surface area contributed by atoms with Crippen LogP contribution in [0.4, 0.5) is 10.5 Å². The van der Waals surface area contributed by atoms with Gasteiger partial charge < -0.3 is 25.6 Å². The molecule has 1 heterocycles. The number of hydrogen-bond donors (Lipinski definition) is 3. The lowest BCUT2D eigenvalue weighted by Gasteiger charge is -2.32. The van der Waals surface area contributed by atoms with E-state index in [1.54, 1.807) is 18.9 Å². The highest BCUT2D eigenvalue weighted by Gasteiger charge is 2.24. The molecule has 0 aliphatic carbocycles. The van der Waals surface area contributed by atoms with E-state index >= 15 is 0 Å². The normalized spacial score (nSPS) is 14.7. The summed E-state index contributed by atoms with van der Waals surface area (Å²) >= 11 is 0. The van der Waals surface area contributed by atoms with Gasteiger partial charge in [-0.05, 0) is 31.9 Å². The number of likely N-dealkylation sites (tertiary alicyclic amines) is 1. The summed E-state index contributed by atoms with van der Waals surface area (Å²) in [6, 6.07) is 9.50. The molecule has 2 amide bonds. The standard InChI is InChI=1S/C18H27N5O3.HI/c1-3-26-18(25)23-11-9-15(10-12-23)22-17(19-2)20-13-16(24)21-14-7-5-4-6-8-14;/h4-8,15H,3,9-13H2,1-2H3,(H,21,24)(H2,19,20,22);1H. The van der Waals surface area contributed by atoms with E-state index in [4.69, 9.17) is 4.74 Å². The van der Waals surface area contributed by atoms with E-state index in [1.807, 2.05) is 30.3 Å². The summed E-state index contributed by atoms with van der Waals surface area (Å²) in [5, 5.41) is 9.12. The van der Waals surface area contributed by atoms with Crippen LogP contribution in [-0.2, 0) is 9.53 Å². The fraction of sp³-hybridized carbons (Fsp3) is 0.500. The second-order valence-corrected chi connectivity index (χ2v) is 5.94. The van der Waals surface area contributed by atoms with E-state index in [1.165, 1.54) is 0 Å². The lowest BCUT2D eigenvalue weighted by atomic mass is 10.1. The lowest BCUT2D eigenvalue weighted by molar-refractivity contribution is -0.115. The quantitative estimate of drug-likeness (QED) is 0.334. The van der Waals surface area contributed by atoms with Gasteiger partial charge in [-0.2, -0.15) is 0 Å². The number of benzene rings is 1. The van der Waals surface area contributed by atoms with Crippen molar-refractivity contribution in [1.29, 1.82) is 0 Å². The van der Waals surface area contributed by atoms with Gasteiger partial charge in [-0.15, -0.1) is 24.0 Å². The van der Waals surface area contributed by atoms with Crippen molar-refractivity contribution in [1.82, 2.24) is 15.5 Å². The second-order valence-electron chi connectivity index (χ2n) is 5.94. The SMILES string of the molecule is CCOC(=O)N1CCC(NC(=NC)NCC(=O)Nc2ccccc2)CC1.I. The molecule has 1 aliphatic heterocycles. The third-order valence-corrected chi connectivity index (χ3v) is 4.06. The van der Waals surface area contributed by atoms with Gasteiger partial charge in [-0.3, -0.25) is 9.79 Å². The molecule has 0 aromatic heterocycles. The minimum Gasteiger partial charge on any atom is -0.450 e. The van der Waals surface area contributed by atoms with E-state index in [9.17, 15) is 9.59 Å². The molecular formula is C18H28IN5O3. The maximum atomic E-state index is 12.0. The molecule has 0 saturated carbocycles. The first kappa shape index (κ1) is 23.0. The highest BCUT2D eigenvalue weighted by atomic mass is 127. The maximum absolute atomic E-state index is 12.0. The average molecular weight is 489 g/mol. The van der Waals surface area contributed by atoms with Gasteiger partial charge in [0, 0.05) is 31.9 Å². The maximum Gasteiger partial charge on any atom is 0.409 e. The fourth-order valence-corrected chi connectivity index (χ4v) is 2.70. The van der Waals surface area contributed by atoms with Crippen molar-refractivity contribution in [2.24, 2.45) is 4.99 Å². The zero-order chi connectivity index (χ0) is 18.8. The number of hydrogen-bond acceptors (Lipinski definition) is 4. The Hall–Kier alpha value is -2.04. The molecule has 0 unspecified atom stereocenters. The van der Waals surface area contributed by atoms with Crippen LogP contribution < -0.4 is 16.0 Å². The Balaban J connectivity index is 0.00000364. The molecule has 1 aromatic rings. The van der Waals surface area contributed by atoms with Crippen molar-refractivity contribution in [3.8, 4) is 0 Å². The Morgan fingerprint density at radius 2 is 1.89 bits per heavy atom. The summed E-state index contributed by atoms with van der Waals surface area (Å²) < 4.78 is 5.02. The van der Waals surface area contributed by atoms with Gasteiger partial charge in [-0.25, -0.2) is 4.79 Å². The monoisotopic (exact) mass is 489 g/mol. The number of para-hydroxylation sites is 1. The summed E-state index contributed by atoms with van der Waals surface area (Å²) in [7, 11) is 1.66. The number of nitrogens with zero attached hydrogens (tertiary/aromatic N) is 2. The van der Waals surface area contributed by atoms with Gasteiger partial charge in [0.05, 0.1) is 13.2 Å². The number of halogens is 1. The van der Waals surface area contributed by atoms with Crippen LogP contribution in [0.15, 0.2) is 35.3 Å². The zero-order valence-electron chi connectivity index (χ0n) is 15.7.